The molecular weight excluding hydrogens is 344 g/mol. The SMILES string of the molecule is COc1ccc(C(=O)NC[C@H]2CCOC2)cc1OC1CCN(C(C)C)CC1. The van der Waals surface area contributed by atoms with Gasteiger partial charge in [0.15, 0.2) is 11.5 Å². The maximum absolute atomic E-state index is 12.5. The van der Waals surface area contributed by atoms with E-state index in [1.54, 1.807) is 19.2 Å². The molecule has 2 aliphatic rings. The van der Waals surface area contributed by atoms with Crippen LogP contribution in [0.2, 0.25) is 0 Å². The third-order valence-corrected chi connectivity index (χ3v) is 5.50. The number of likely N-dealkylation sites (tertiary alicyclic amines) is 1. The first-order valence-electron chi connectivity index (χ1n) is 10.0. The summed E-state index contributed by atoms with van der Waals surface area (Å²) in [5.41, 5.74) is 0.601. The van der Waals surface area contributed by atoms with Gasteiger partial charge in [0.05, 0.1) is 13.7 Å². The number of ether oxygens (including phenoxy) is 3. The molecule has 2 saturated heterocycles. The van der Waals surface area contributed by atoms with E-state index in [-0.39, 0.29) is 12.0 Å². The van der Waals surface area contributed by atoms with Gasteiger partial charge in [-0.3, -0.25) is 4.79 Å². The molecule has 0 unspecified atom stereocenters. The number of carbonyl (C=O) groups excluding carboxylic acids is 1. The zero-order chi connectivity index (χ0) is 19.2. The fourth-order valence-corrected chi connectivity index (χ4v) is 3.68. The Hall–Kier alpha value is -1.79. The molecule has 1 amide bonds. The second-order valence-electron chi connectivity index (χ2n) is 7.75. The van der Waals surface area contributed by atoms with E-state index < -0.39 is 0 Å². The summed E-state index contributed by atoms with van der Waals surface area (Å²) in [5.74, 6) is 1.65. The van der Waals surface area contributed by atoms with Gasteiger partial charge in [-0.15, -0.1) is 0 Å². The fourth-order valence-electron chi connectivity index (χ4n) is 3.68. The lowest BCUT2D eigenvalue weighted by atomic mass is 10.1. The molecule has 150 valence electrons. The highest BCUT2D eigenvalue weighted by molar-refractivity contribution is 5.94. The second kappa shape index (κ2) is 9.42. The molecule has 0 bridgehead atoms. The highest BCUT2D eigenvalue weighted by Gasteiger charge is 2.24. The molecule has 6 nitrogen and oxygen atoms in total. The number of hydrogen-bond donors (Lipinski definition) is 1. The fraction of sp³-hybridized carbons (Fsp3) is 0.667. The van der Waals surface area contributed by atoms with E-state index in [0.29, 0.717) is 35.6 Å². The second-order valence-corrected chi connectivity index (χ2v) is 7.75. The van der Waals surface area contributed by atoms with Crippen LogP contribution in [0.1, 0.15) is 43.5 Å². The molecule has 0 radical (unpaired) electrons. The van der Waals surface area contributed by atoms with Gasteiger partial charge in [0, 0.05) is 43.8 Å². The molecule has 1 aromatic carbocycles. The van der Waals surface area contributed by atoms with Crippen LogP contribution < -0.4 is 14.8 Å². The van der Waals surface area contributed by atoms with Gasteiger partial charge < -0.3 is 24.4 Å². The van der Waals surface area contributed by atoms with E-state index in [1.165, 1.54) is 0 Å². The number of piperidine rings is 1. The smallest absolute Gasteiger partial charge is 0.251 e. The Balaban J connectivity index is 1.60. The molecule has 1 N–H and O–H groups in total. The van der Waals surface area contributed by atoms with Crippen molar-refractivity contribution < 1.29 is 19.0 Å². The molecule has 0 saturated carbocycles. The minimum Gasteiger partial charge on any atom is -0.493 e. The summed E-state index contributed by atoms with van der Waals surface area (Å²) in [6.07, 6.45) is 3.13. The van der Waals surface area contributed by atoms with Crippen molar-refractivity contribution in [3.8, 4) is 11.5 Å². The zero-order valence-corrected chi connectivity index (χ0v) is 16.7. The number of methoxy groups -OCH3 is 1. The summed E-state index contributed by atoms with van der Waals surface area (Å²) < 4.78 is 17.0. The van der Waals surface area contributed by atoms with Crippen molar-refractivity contribution in [1.29, 1.82) is 0 Å². The van der Waals surface area contributed by atoms with Crippen LogP contribution >= 0.6 is 0 Å². The van der Waals surface area contributed by atoms with Gasteiger partial charge in [-0.1, -0.05) is 0 Å². The molecule has 1 aromatic rings. The molecule has 2 aliphatic heterocycles. The van der Waals surface area contributed by atoms with Crippen LogP contribution in [0.5, 0.6) is 11.5 Å². The van der Waals surface area contributed by atoms with Crippen molar-refractivity contribution in [1.82, 2.24) is 10.2 Å². The first kappa shape index (κ1) is 20.0. The summed E-state index contributed by atoms with van der Waals surface area (Å²) in [5, 5.41) is 3.01. The number of nitrogens with zero attached hydrogens (tertiary/aromatic N) is 1. The Kier molecular flexibility index (Phi) is 6.96. The van der Waals surface area contributed by atoms with Crippen LogP contribution in [0.4, 0.5) is 0 Å². The van der Waals surface area contributed by atoms with Gasteiger partial charge in [-0.05, 0) is 51.3 Å². The van der Waals surface area contributed by atoms with Crippen LogP contribution in [0.3, 0.4) is 0 Å². The van der Waals surface area contributed by atoms with E-state index >= 15 is 0 Å². The summed E-state index contributed by atoms with van der Waals surface area (Å²) in [6, 6.07) is 5.96. The Morgan fingerprint density at radius 3 is 2.67 bits per heavy atom. The number of rotatable bonds is 7. The van der Waals surface area contributed by atoms with Crippen LogP contribution in [0, 0.1) is 5.92 Å². The number of benzene rings is 1. The largest absolute Gasteiger partial charge is 0.493 e. The van der Waals surface area contributed by atoms with E-state index in [9.17, 15) is 4.79 Å². The lowest BCUT2D eigenvalue weighted by Crippen LogP contribution is -2.41. The monoisotopic (exact) mass is 376 g/mol. The Labute approximate surface area is 162 Å². The number of nitrogens with one attached hydrogen (secondary N) is 1. The highest BCUT2D eigenvalue weighted by atomic mass is 16.5. The minimum atomic E-state index is -0.0796. The third kappa shape index (κ3) is 5.36. The predicted octanol–water partition coefficient (Wildman–Crippen LogP) is 2.71. The average molecular weight is 376 g/mol. The van der Waals surface area contributed by atoms with Gasteiger partial charge in [0.2, 0.25) is 0 Å². The van der Waals surface area contributed by atoms with E-state index in [1.807, 2.05) is 6.07 Å². The lowest BCUT2D eigenvalue weighted by Gasteiger charge is -2.34. The van der Waals surface area contributed by atoms with Gasteiger partial charge >= 0.3 is 0 Å². The molecule has 2 heterocycles. The van der Waals surface area contributed by atoms with Crippen molar-refractivity contribution in [2.45, 2.75) is 45.3 Å². The first-order valence-corrected chi connectivity index (χ1v) is 10.0. The van der Waals surface area contributed by atoms with Crippen molar-refractivity contribution in [3.05, 3.63) is 23.8 Å². The number of carbonyl (C=O) groups is 1. The molecule has 0 aromatic heterocycles. The van der Waals surface area contributed by atoms with Crippen molar-refractivity contribution in [2.75, 3.05) is 40.0 Å². The molecule has 3 rings (SSSR count). The Bertz CT molecular complexity index is 621. The minimum absolute atomic E-state index is 0.0796. The van der Waals surface area contributed by atoms with Gasteiger partial charge in [-0.2, -0.15) is 0 Å². The van der Waals surface area contributed by atoms with Crippen molar-refractivity contribution in [3.63, 3.8) is 0 Å². The number of hydrogen-bond acceptors (Lipinski definition) is 5. The summed E-state index contributed by atoms with van der Waals surface area (Å²) in [6.45, 7) is 8.69. The third-order valence-electron chi connectivity index (χ3n) is 5.50. The van der Waals surface area contributed by atoms with Crippen LogP contribution in [-0.2, 0) is 4.74 Å². The summed E-state index contributed by atoms with van der Waals surface area (Å²) >= 11 is 0. The van der Waals surface area contributed by atoms with Crippen LogP contribution in [0.15, 0.2) is 18.2 Å². The maximum Gasteiger partial charge on any atom is 0.251 e. The molecule has 0 spiro atoms. The van der Waals surface area contributed by atoms with E-state index in [4.69, 9.17) is 14.2 Å². The van der Waals surface area contributed by atoms with Gasteiger partial charge in [0.25, 0.3) is 5.91 Å². The molecule has 6 heteroatoms. The van der Waals surface area contributed by atoms with Crippen molar-refractivity contribution in [2.24, 2.45) is 5.92 Å². The predicted molar refractivity (Wildman–Crippen MR) is 105 cm³/mol. The van der Waals surface area contributed by atoms with Gasteiger partial charge in [0.1, 0.15) is 6.10 Å². The van der Waals surface area contributed by atoms with Gasteiger partial charge in [-0.25, -0.2) is 0 Å². The standard InChI is InChI=1S/C21H32N2O4/c1-15(2)23-9-6-18(7-10-23)27-20-12-17(4-5-19(20)25-3)21(24)22-13-16-8-11-26-14-16/h4-5,12,15-16,18H,6-11,13-14H2,1-3H3,(H,22,24)/t16-/m1/s1. The quantitative estimate of drug-likeness (QED) is 0.793. The average Bonchev–Trinajstić information content (AvgIpc) is 3.20. The normalized spacial score (nSPS) is 21.4. The molecule has 1 atom stereocenters. The first-order chi connectivity index (χ1) is 13.1. The molecule has 2 fully saturated rings. The molecule has 27 heavy (non-hydrogen) atoms. The van der Waals surface area contributed by atoms with E-state index in [2.05, 4.69) is 24.1 Å². The Morgan fingerprint density at radius 1 is 1.26 bits per heavy atom. The number of amides is 1. The van der Waals surface area contributed by atoms with Crippen LogP contribution in [-0.4, -0.2) is 62.9 Å². The van der Waals surface area contributed by atoms with E-state index in [0.717, 1.165) is 45.6 Å². The Morgan fingerprint density at radius 2 is 2.04 bits per heavy atom. The summed E-state index contributed by atoms with van der Waals surface area (Å²) in [4.78, 5) is 15.0. The lowest BCUT2D eigenvalue weighted by molar-refractivity contribution is 0.0818. The molecular formula is C21H32N2O4. The summed E-state index contributed by atoms with van der Waals surface area (Å²) in [7, 11) is 1.63. The molecule has 0 aliphatic carbocycles. The van der Waals surface area contributed by atoms with Crippen molar-refractivity contribution >= 4 is 5.91 Å². The van der Waals surface area contributed by atoms with Crippen LogP contribution in [0.25, 0.3) is 0 Å². The maximum atomic E-state index is 12.5. The highest BCUT2D eigenvalue weighted by Crippen LogP contribution is 2.31. The topological polar surface area (TPSA) is 60.0 Å². The zero-order valence-electron chi connectivity index (χ0n) is 16.7.